The fraction of sp³-hybridized carbons (Fsp3) is 0.700. The summed E-state index contributed by atoms with van der Waals surface area (Å²) >= 11 is 0. The van der Waals surface area contributed by atoms with Crippen molar-refractivity contribution < 1.29 is 13.2 Å². The van der Waals surface area contributed by atoms with E-state index in [4.69, 9.17) is 0 Å². The molecule has 1 aliphatic rings. The van der Waals surface area contributed by atoms with E-state index in [2.05, 4.69) is 11.9 Å². The highest BCUT2D eigenvalue weighted by molar-refractivity contribution is 7.94. The lowest BCUT2D eigenvalue weighted by atomic mass is 9.99. The highest BCUT2D eigenvalue weighted by Crippen LogP contribution is 2.17. The van der Waals surface area contributed by atoms with Gasteiger partial charge in [0.15, 0.2) is 9.84 Å². The number of nitrogens with zero attached hydrogens (tertiary/aromatic N) is 1. The van der Waals surface area contributed by atoms with E-state index in [1.165, 1.54) is 0 Å². The molecular formula is C10H18N2O3S. The number of rotatable bonds is 4. The van der Waals surface area contributed by atoms with Gasteiger partial charge in [-0.2, -0.15) is 0 Å². The molecule has 0 aromatic carbocycles. The summed E-state index contributed by atoms with van der Waals surface area (Å²) in [6.07, 6.45) is 0. The number of hydrogen-bond donors (Lipinski definition) is 1. The number of carbonyl (C=O) groups is 1. The molecule has 0 spiro atoms. The summed E-state index contributed by atoms with van der Waals surface area (Å²) in [5.74, 6) is -0.0533. The SMILES string of the molecule is C=CS(=O)(=O)CCN1CCNC(=O)C1(C)C. The zero-order chi connectivity index (χ0) is 12.4. The summed E-state index contributed by atoms with van der Waals surface area (Å²) in [5, 5.41) is 3.73. The van der Waals surface area contributed by atoms with Crippen molar-refractivity contribution in [1.29, 1.82) is 0 Å². The van der Waals surface area contributed by atoms with Crippen LogP contribution in [-0.2, 0) is 14.6 Å². The molecule has 92 valence electrons. The molecule has 1 amide bonds. The van der Waals surface area contributed by atoms with E-state index in [0.717, 1.165) is 5.41 Å². The van der Waals surface area contributed by atoms with E-state index in [1.807, 2.05) is 4.90 Å². The van der Waals surface area contributed by atoms with E-state index in [-0.39, 0.29) is 11.7 Å². The Balaban J connectivity index is 2.67. The molecule has 0 aliphatic carbocycles. The Morgan fingerprint density at radius 1 is 1.56 bits per heavy atom. The van der Waals surface area contributed by atoms with Crippen molar-refractivity contribution in [1.82, 2.24) is 10.2 Å². The van der Waals surface area contributed by atoms with Gasteiger partial charge in [-0.05, 0) is 13.8 Å². The highest BCUT2D eigenvalue weighted by Gasteiger charge is 2.37. The van der Waals surface area contributed by atoms with Crippen LogP contribution >= 0.6 is 0 Å². The van der Waals surface area contributed by atoms with E-state index in [1.54, 1.807) is 13.8 Å². The molecule has 0 aromatic heterocycles. The van der Waals surface area contributed by atoms with Crippen molar-refractivity contribution >= 4 is 15.7 Å². The lowest BCUT2D eigenvalue weighted by Crippen LogP contribution is -2.62. The predicted molar refractivity (Wildman–Crippen MR) is 62.6 cm³/mol. The molecule has 0 atom stereocenters. The molecule has 1 rings (SSSR count). The quantitative estimate of drug-likeness (QED) is 0.743. The molecule has 1 N–H and O–H groups in total. The summed E-state index contributed by atoms with van der Waals surface area (Å²) in [5.41, 5.74) is -0.644. The van der Waals surface area contributed by atoms with Crippen molar-refractivity contribution in [3.63, 3.8) is 0 Å². The summed E-state index contributed by atoms with van der Waals surface area (Å²) < 4.78 is 22.6. The number of nitrogens with one attached hydrogen (secondary N) is 1. The normalized spacial score (nSPS) is 21.5. The maximum atomic E-state index is 11.6. The van der Waals surface area contributed by atoms with Crippen molar-refractivity contribution in [2.45, 2.75) is 19.4 Å². The van der Waals surface area contributed by atoms with Crippen LogP contribution in [0.25, 0.3) is 0 Å². The standard InChI is InChI=1S/C10H18N2O3S/c1-4-16(14,15)8-7-12-6-5-11-9(13)10(12,2)3/h4H,1,5-8H2,2-3H3,(H,11,13). The van der Waals surface area contributed by atoms with Crippen LogP contribution in [0.1, 0.15) is 13.8 Å². The minimum Gasteiger partial charge on any atom is -0.353 e. The van der Waals surface area contributed by atoms with Gasteiger partial charge in [0.2, 0.25) is 5.91 Å². The van der Waals surface area contributed by atoms with Crippen LogP contribution in [0.15, 0.2) is 12.0 Å². The second-order valence-electron chi connectivity index (χ2n) is 4.34. The molecule has 5 nitrogen and oxygen atoms in total. The van der Waals surface area contributed by atoms with E-state index < -0.39 is 15.4 Å². The van der Waals surface area contributed by atoms with Gasteiger partial charge in [-0.25, -0.2) is 8.42 Å². The Hall–Kier alpha value is -0.880. The van der Waals surface area contributed by atoms with Gasteiger partial charge in [0, 0.05) is 25.0 Å². The number of hydrogen-bond acceptors (Lipinski definition) is 4. The largest absolute Gasteiger partial charge is 0.353 e. The van der Waals surface area contributed by atoms with Crippen LogP contribution in [0.3, 0.4) is 0 Å². The Labute approximate surface area is 96.4 Å². The third-order valence-corrected chi connectivity index (χ3v) is 4.17. The van der Waals surface area contributed by atoms with Gasteiger partial charge in [-0.15, -0.1) is 0 Å². The average Bonchev–Trinajstić information content (AvgIpc) is 2.20. The Morgan fingerprint density at radius 2 is 2.19 bits per heavy atom. The maximum absolute atomic E-state index is 11.6. The van der Waals surface area contributed by atoms with Gasteiger partial charge in [-0.3, -0.25) is 9.69 Å². The number of piperazine rings is 1. The van der Waals surface area contributed by atoms with Gasteiger partial charge < -0.3 is 5.32 Å². The molecule has 0 saturated carbocycles. The first-order valence-electron chi connectivity index (χ1n) is 5.18. The minimum absolute atomic E-state index is 0.00715. The number of sulfone groups is 1. The molecule has 0 unspecified atom stereocenters. The lowest BCUT2D eigenvalue weighted by molar-refractivity contribution is -0.134. The molecule has 0 radical (unpaired) electrons. The first kappa shape index (κ1) is 13.2. The second kappa shape index (κ2) is 4.55. The Kier molecular flexibility index (Phi) is 3.75. The number of carbonyl (C=O) groups excluding carboxylic acids is 1. The first-order chi connectivity index (χ1) is 7.29. The fourth-order valence-electron chi connectivity index (χ4n) is 1.66. The molecule has 0 aromatic rings. The van der Waals surface area contributed by atoms with Gasteiger partial charge >= 0.3 is 0 Å². The maximum Gasteiger partial charge on any atom is 0.239 e. The zero-order valence-electron chi connectivity index (χ0n) is 9.69. The van der Waals surface area contributed by atoms with Crippen LogP contribution in [0, 0.1) is 0 Å². The molecule has 1 heterocycles. The molecule has 0 bridgehead atoms. The first-order valence-corrected chi connectivity index (χ1v) is 6.90. The van der Waals surface area contributed by atoms with E-state index in [0.29, 0.717) is 19.6 Å². The van der Waals surface area contributed by atoms with E-state index in [9.17, 15) is 13.2 Å². The monoisotopic (exact) mass is 246 g/mol. The molecular weight excluding hydrogens is 228 g/mol. The van der Waals surface area contributed by atoms with Gasteiger partial charge in [0.05, 0.1) is 11.3 Å². The molecule has 6 heteroatoms. The van der Waals surface area contributed by atoms with E-state index >= 15 is 0 Å². The summed E-state index contributed by atoms with van der Waals surface area (Å²) in [4.78, 5) is 13.5. The van der Waals surface area contributed by atoms with Crippen LogP contribution in [-0.4, -0.2) is 50.2 Å². The summed E-state index contributed by atoms with van der Waals surface area (Å²) in [6, 6.07) is 0. The molecule has 16 heavy (non-hydrogen) atoms. The highest BCUT2D eigenvalue weighted by atomic mass is 32.2. The van der Waals surface area contributed by atoms with Gasteiger partial charge in [0.25, 0.3) is 0 Å². The van der Waals surface area contributed by atoms with Crippen molar-refractivity contribution in [3.8, 4) is 0 Å². The van der Waals surface area contributed by atoms with Crippen LogP contribution in [0.2, 0.25) is 0 Å². The summed E-state index contributed by atoms with van der Waals surface area (Å²) in [7, 11) is -3.20. The predicted octanol–water partition coefficient (Wildman–Crippen LogP) is -0.245. The average molecular weight is 246 g/mol. The van der Waals surface area contributed by atoms with Crippen molar-refractivity contribution in [2.75, 3.05) is 25.4 Å². The smallest absolute Gasteiger partial charge is 0.239 e. The Morgan fingerprint density at radius 3 is 2.75 bits per heavy atom. The number of amides is 1. The fourth-order valence-corrected chi connectivity index (χ4v) is 2.30. The van der Waals surface area contributed by atoms with Gasteiger partial charge in [0.1, 0.15) is 0 Å². The van der Waals surface area contributed by atoms with Crippen LogP contribution < -0.4 is 5.32 Å². The molecule has 1 aliphatic heterocycles. The van der Waals surface area contributed by atoms with Gasteiger partial charge in [-0.1, -0.05) is 6.58 Å². The molecule has 1 fully saturated rings. The molecule has 1 saturated heterocycles. The van der Waals surface area contributed by atoms with Crippen LogP contribution in [0.4, 0.5) is 0 Å². The second-order valence-corrected chi connectivity index (χ2v) is 6.40. The Bertz CT molecular complexity index is 387. The third kappa shape index (κ3) is 2.82. The third-order valence-electron chi connectivity index (χ3n) is 2.91. The van der Waals surface area contributed by atoms with Crippen molar-refractivity contribution in [3.05, 3.63) is 12.0 Å². The minimum atomic E-state index is -3.20. The lowest BCUT2D eigenvalue weighted by Gasteiger charge is -2.41. The topological polar surface area (TPSA) is 66.5 Å². The van der Waals surface area contributed by atoms with Crippen molar-refractivity contribution in [2.24, 2.45) is 0 Å². The zero-order valence-corrected chi connectivity index (χ0v) is 10.5. The summed E-state index contributed by atoms with van der Waals surface area (Å²) in [6.45, 7) is 8.44. The van der Waals surface area contributed by atoms with Crippen LogP contribution in [0.5, 0.6) is 0 Å².